The van der Waals surface area contributed by atoms with Crippen molar-refractivity contribution in [2.45, 2.75) is 6.92 Å². The van der Waals surface area contributed by atoms with Crippen molar-refractivity contribution >= 4 is 0 Å². The zero-order valence-electron chi connectivity index (χ0n) is 13.2. The molecule has 120 valence electrons. The van der Waals surface area contributed by atoms with Gasteiger partial charge in [-0.1, -0.05) is 30.9 Å². The zero-order valence-corrected chi connectivity index (χ0v) is 13.2. The minimum atomic E-state index is -0.407. The third-order valence-electron chi connectivity index (χ3n) is 2.92. The molecule has 0 aliphatic heterocycles. The van der Waals surface area contributed by atoms with Crippen LogP contribution in [0, 0.1) is 11.6 Å². The van der Waals surface area contributed by atoms with Crippen LogP contribution in [0.15, 0.2) is 79.9 Å². The first-order chi connectivity index (χ1) is 11.1. The molecule has 0 N–H and O–H groups in total. The van der Waals surface area contributed by atoms with E-state index in [1.54, 1.807) is 24.3 Å². The molecule has 0 bridgehead atoms. The molecule has 0 atom stereocenters. The summed E-state index contributed by atoms with van der Waals surface area (Å²) in [5, 5.41) is 0. The summed E-state index contributed by atoms with van der Waals surface area (Å²) in [5.74, 6) is -0.318. The minimum Gasteiger partial charge on any atom is -0.489 e. The van der Waals surface area contributed by atoms with Crippen molar-refractivity contribution in [2.24, 2.45) is 0 Å². The first-order valence-corrected chi connectivity index (χ1v) is 7.09. The van der Waals surface area contributed by atoms with E-state index in [1.165, 1.54) is 18.2 Å². The maximum absolute atomic E-state index is 14.1. The molecule has 0 aliphatic rings. The van der Waals surface area contributed by atoms with Crippen molar-refractivity contribution in [3.8, 4) is 16.9 Å². The van der Waals surface area contributed by atoms with E-state index >= 15 is 0 Å². The average molecular weight is 314 g/mol. The molecule has 0 unspecified atom stereocenters. The number of hydrogen-bond donors (Lipinski definition) is 0. The number of rotatable bonds is 5. The molecule has 0 spiro atoms. The summed E-state index contributed by atoms with van der Waals surface area (Å²) in [4.78, 5) is 0. The van der Waals surface area contributed by atoms with Gasteiger partial charge in [0.1, 0.15) is 24.0 Å². The van der Waals surface area contributed by atoms with Gasteiger partial charge in [0.2, 0.25) is 0 Å². The molecule has 0 aliphatic carbocycles. The predicted molar refractivity (Wildman–Crippen MR) is 92.5 cm³/mol. The molecule has 2 aromatic rings. The molecule has 2 aromatic carbocycles. The Labute approximate surface area is 136 Å². The van der Waals surface area contributed by atoms with Gasteiger partial charge in [0.25, 0.3) is 0 Å². The maximum atomic E-state index is 14.1. The van der Waals surface area contributed by atoms with Gasteiger partial charge in [0.05, 0.1) is 0 Å². The molecule has 0 saturated heterocycles. The maximum Gasteiger partial charge on any atom is 0.134 e. The second-order valence-corrected chi connectivity index (χ2v) is 4.60. The Balaban J connectivity index is 0.00000127. The molecule has 3 heteroatoms. The number of hydrogen-bond acceptors (Lipinski definition) is 1. The van der Waals surface area contributed by atoms with Crippen LogP contribution in [0.5, 0.6) is 5.75 Å². The summed E-state index contributed by atoms with van der Waals surface area (Å²) < 4.78 is 32.4. The topological polar surface area (TPSA) is 9.23 Å². The summed E-state index contributed by atoms with van der Waals surface area (Å²) >= 11 is 0. The quantitative estimate of drug-likeness (QED) is 0.490. The van der Waals surface area contributed by atoms with Gasteiger partial charge in [0.15, 0.2) is 0 Å². The largest absolute Gasteiger partial charge is 0.489 e. The van der Waals surface area contributed by atoms with E-state index < -0.39 is 5.82 Å². The Morgan fingerprint density at radius 3 is 2.30 bits per heavy atom. The van der Waals surface area contributed by atoms with E-state index in [2.05, 4.69) is 19.7 Å². The first kappa shape index (κ1) is 18.4. The van der Waals surface area contributed by atoms with E-state index in [0.29, 0.717) is 23.5 Å². The van der Waals surface area contributed by atoms with Crippen molar-refractivity contribution in [2.75, 3.05) is 6.61 Å². The van der Waals surface area contributed by atoms with Crippen LogP contribution in [0.2, 0.25) is 0 Å². The zero-order chi connectivity index (χ0) is 17.2. The summed E-state index contributed by atoms with van der Waals surface area (Å²) in [6, 6.07) is 10.3. The highest BCUT2D eigenvalue weighted by Crippen LogP contribution is 2.26. The van der Waals surface area contributed by atoms with E-state index in [4.69, 9.17) is 4.74 Å². The van der Waals surface area contributed by atoms with Crippen molar-refractivity contribution in [1.82, 2.24) is 0 Å². The van der Waals surface area contributed by atoms with Crippen LogP contribution < -0.4 is 4.74 Å². The second-order valence-electron chi connectivity index (χ2n) is 4.60. The number of halogens is 2. The standard InChI is InChI=1S/C18H16F2O.C2H4/c1-3-4-13(2)12-21-16-9-10-17(18(20)11-16)14-5-7-15(19)8-6-14;1-2/h3-11H,2,12H2,1H3;1-2H2/b4-3-;. The van der Waals surface area contributed by atoms with Crippen molar-refractivity contribution in [3.05, 3.63) is 91.6 Å². The molecule has 0 aromatic heterocycles. The van der Waals surface area contributed by atoms with Crippen LogP contribution in [0.25, 0.3) is 11.1 Å². The summed E-state index contributed by atoms with van der Waals surface area (Å²) in [6.45, 7) is 12.0. The third-order valence-corrected chi connectivity index (χ3v) is 2.92. The summed E-state index contributed by atoms with van der Waals surface area (Å²) in [6.07, 6.45) is 3.70. The lowest BCUT2D eigenvalue weighted by Gasteiger charge is -2.09. The van der Waals surface area contributed by atoms with Crippen molar-refractivity contribution < 1.29 is 13.5 Å². The SMILES string of the molecule is C=C.C=C(/C=C\C)COc1ccc(-c2ccc(F)cc2)c(F)c1. The van der Waals surface area contributed by atoms with Crippen LogP contribution in [0.1, 0.15) is 6.92 Å². The predicted octanol–water partition coefficient (Wildman–Crippen LogP) is 5.95. The van der Waals surface area contributed by atoms with E-state index in [0.717, 1.165) is 5.57 Å². The highest BCUT2D eigenvalue weighted by atomic mass is 19.1. The third kappa shape index (κ3) is 5.55. The molecule has 1 nitrogen and oxygen atoms in total. The van der Waals surface area contributed by atoms with Gasteiger partial charge < -0.3 is 4.74 Å². The molecule has 0 fully saturated rings. The molecule has 0 heterocycles. The first-order valence-electron chi connectivity index (χ1n) is 7.09. The monoisotopic (exact) mass is 314 g/mol. The number of benzene rings is 2. The lowest BCUT2D eigenvalue weighted by atomic mass is 10.1. The average Bonchev–Trinajstić information content (AvgIpc) is 2.56. The minimum absolute atomic E-state index is 0.305. The highest BCUT2D eigenvalue weighted by molar-refractivity contribution is 5.64. The lowest BCUT2D eigenvalue weighted by Crippen LogP contribution is -1.99. The van der Waals surface area contributed by atoms with Crippen molar-refractivity contribution in [1.29, 1.82) is 0 Å². The molecule has 23 heavy (non-hydrogen) atoms. The Bertz CT molecular complexity index is 673. The Kier molecular flexibility index (Phi) is 7.48. The smallest absolute Gasteiger partial charge is 0.134 e. The van der Waals surface area contributed by atoms with Crippen LogP contribution >= 0.6 is 0 Å². The van der Waals surface area contributed by atoms with Gasteiger partial charge in [-0.25, -0.2) is 8.78 Å². The number of ether oxygens (including phenoxy) is 1. The van der Waals surface area contributed by atoms with Gasteiger partial charge in [0, 0.05) is 11.6 Å². The molecule has 2 rings (SSSR count). The molecule has 0 saturated carbocycles. The number of allylic oxidation sites excluding steroid dienone is 1. The fraction of sp³-hybridized carbons (Fsp3) is 0.100. The van der Waals surface area contributed by atoms with Gasteiger partial charge in [-0.15, -0.1) is 13.2 Å². The van der Waals surface area contributed by atoms with Gasteiger partial charge in [-0.05, 0) is 42.3 Å². The summed E-state index contributed by atoms with van der Waals surface area (Å²) in [5.41, 5.74) is 1.84. The Morgan fingerprint density at radius 1 is 1.09 bits per heavy atom. The molecular formula is C20H20F2O. The Hall–Kier alpha value is -2.68. The molecule has 0 amide bonds. The molecular weight excluding hydrogens is 294 g/mol. The van der Waals surface area contributed by atoms with E-state index in [9.17, 15) is 8.78 Å². The van der Waals surface area contributed by atoms with Gasteiger partial charge in [-0.2, -0.15) is 0 Å². The van der Waals surface area contributed by atoms with Crippen LogP contribution in [-0.2, 0) is 0 Å². The van der Waals surface area contributed by atoms with Crippen LogP contribution in [0.4, 0.5) is 8.78 Å². The second kappa shape index (κ2) is 9.36. The van der Waals surface area contributed by atoms with E-state index in [-0.39, 0.29) is 5.82 Å². The molecule has 0 radical (unpaired) electrons. The summed E-state index contributed by atoms with van der Waals surface area (Å²) in [7, 11) is 0. The van der Waals surface area contributed by atoms with Crippen LogP contribution in [0.3, 0.4) is 0 Å². The van der Waals surface area contributed by atoms with Crippen LogP contribution in [-0.4, -0.2) is 6.61 Å². The fourth-order valence-corrected chi connectivity index (χ4v) is 1.91. The van der Waals surface area contributed by atoms with E-state index in [1.807, 2.05) is 19.1 Å². The lowest BCUT2D eigenvalue weighted by molar-refractivity contribution is 0.354. The normalized spacial score (nSPS) is 10.0. The van der Waals surface area contributed by atoms with Gasteiger partial charge >= 0.3 is 0 Å². The van der Waals surface area contributed by atoms with Crippen molar-refractivity contribution in [3.63, 3.8) is 0 Å². The fourth-order valence-electron chi connectivity index (χ4n) is 1.91. The highest BCUT2D eigenvalue weighted by Gasteiger charge is 2.07. The van der Waals surface area contributed by atoms with Gasteiger partial charge in [-0.3, -0.25) is 0 Å². The Morgan fingerprint density at radius 2 is 1.74 bits per heavy atom.